The molecule has 3 atom stereocenters. The number of benzene rings is 1. The third kappa shape index (κ3) is 3.52. The van der Waals surface area contributed by atoms with Crippen molar-refractivity contribution >= 4 is 27.5 Å². The molecule has 2 N–H and O–H groups in total. The summed E-state index contributed by atoms with van der Waals surface area (Å²) in [4.78, 5) is 2.51. The average Bonchev–Trinajstić information content (AvgIpc) is 2.36. The van der Waals surface area contributed by atoms with Crippen LogP contribution in [0.3, 0.4) is 0 Å². The lowest BCUT2D eigenvalue weighted by atomic mass is 9.90. The zero-order valence-electron chi connectivity index (χ0n) is 11.6. The zero-order chi connectivity index (χ0) is 14.0. The minimum absolute atomic E-state index is 0.215. The first kappa shape index (κ1) is 15.3. The van der Waals surface area contributed by atoms with Crippen LogP contribution in [-0.4, -0.2) is 24.0 Å². The quantitative estimate of drug-likeness (QED) is 0.888. The normalized spacial score (nSPS) is 26.4. The van der Waals surface area contributed by atoms with Gasteiger partial charge in [-0.3, -0.25) is 4.90 Å². The van der Waals surface area contributed by atoms with E-state index in [4.69, 9.17) is 17.3 Å². The van der Waals surface area contributed by atoms with E-state index in [-0.39, 0.29) is 6.04 Å². The molecule has 0 bridgehead atoms. The van der Waals surface area contributed by atoms with E-state index in [1.807, 2.05) is 12.1 Å². The van der Waals surface area contributed by atoms with Crippen LogP contribution in [0.4, 0.5) is 0 Å². The van der Waals surface area contributed by atoms with Gasteiger partial charge in [-0.15, -0.1) is 0 Å². The first-order valence-electron chi connectivity index (χ1n) is 6.93. The Morgan fingerprint density at radius 3 is 2.84 bits per heavy atom. The summed E-state index contributed by atoms with van der Waals surface area (Å²) >= 11 is 9.89. The second-order valence-corrected chi connectivity index (χ2v) is 6.96. The first-order chi connectivity index (χ1) is 9.02. The van der Waals surface area contributed by atoms with E-state index in [9.17, 15) is 0 Å². The molecule has 4 heteroatoms. The van der Waals surface area contributed by atoms with Crippen molar-refractivity contribution in [2.24, 2.45) is 11.7 Å². The van der Waals surface area contributed by atoms with Gasteiger partial charge in [-0.2, -0.15) is 0 Å². The van der Waals surface area contributed by atoms with Gasteiger partial charge in [0.15, 0.2) is 0 Å². The number of nitrogens with two attached hydrogens (primary N) is 1. The summed E-state index contributed by atoms with van der Waals surface area (Å²) in [6.45, 7) is 6.34. The lowest BCUT2D eigenvalue weighted by molar-refractivity contribution is 0.0847. The number of nitrogens with zero attached hydrogens (tertiary/aromatic N) is 1. The van der Waals surface area contributed by atoms with Gasteiger partial charge in [0.1, 0.15) is 0 Å². The summed E-state index contributed by atoms with van der Waals surface area (Å²) in [5.74, 6) is 0.808. The molecule has 0 spiro atoms. The molecule has 1 saturated heterocycles. The highest BCUT2D eigenvalue weighted by Crippen LogP contribution is 2.34. The van der Waals surface area contributed by atoms with E-state index < -0.39 is 0 Å². The van der Waals surface area contributed by atoms with Gasteiger partial charge in [0.2, 0.25) is 0 Å². The Morgan fingerprint density at radius 1 is 1.47 bits per heavy atom. The number of hydrogen-bond donors (Lipinski definition) is 1. The summed E-state index contributed by atoms with van der Waals surface area (Å²) in [5, 5.41) is 0.810. The molecule has 0 amide bonds. The zero-order valence-corrected chi connectivity index (χ0v) is 13.9. The SMILES string of the molecule is CC1CCN(C(CN)c2cc(Br)ccc2Cl)C(C)C1. The van der Waals surface area contributed by atoms with E-state index in [1.165, 1.54) is 12.8 Å². The van der Waals surface area contributed by atoms with Crippen molar-refractivity contribution in [3.05, 3.63) is 33.3 Å². The molecule has 0 saturated carbocycles. The molecule has 1 fully saturated rings. The van der Waals surface area contributed by atoms with Crippen molar-refractivity contribution in [1.29, 1.82) is 0 Å². The van der Waals surface area contributed by atoms with Gasteiger partial charge in [0.25, 0.3) is 0 Å². The summed E-state index contributed by atoms with van der Waals surface area (Å²) in [5.41, 5.74) is 7.17. The van der Waals surface area contributed by atoms with Crippen molar-refractivity contribution < 1.29 is 0 Å². The van der Waals surface area contributed by atoms with Gasteiger partial charge >= 0.3 is 0 Å². The van der Waals surface area contributed by atoms with Crippen molar-refractivity contribution in [3.63, 3.8) is 0 Å². The molecular formula is C15H22BrClN2. The third-order valence-electron chi connectivity index (χ3n) is 4.13. The standard InChI is InChI=1S/C15H22BrClN2/c1-10-5-6-19(11(2)7-10)15(9-18)13-8-12(16)3-4-14(13)17/h3-4,8,10-11,15H,5-7,9,18H2,1-2H3. The molecule has 1 heterocycles. The minimum atomic E-state index is 0.215. The van der Waals surface area contributed by atoms with Crippen LogP contribution in [0.2, 0.25) is 5.02 Å². The molecule has 2 rings (SSSR count). The molecule has 19 heavy (non-hydrogen) atoms. The molecule has 0 aliphatic carbocycles. The van der Waals surface area contributed by atoms with Crippen LogP contribution in [0.5, 0.6) is 0 Å². The summed E-state index contributed by atoms with van der Waals surface area (Å²) in [6.07, 6.45) is 2.48. The van der Waals surface area contributed by atoms with Crippen LogP contribution in [0.15, 0.2) is 22.7 Å². The molecule has 1 aromatic rings. The molecular weight excluding hydrogens is 324 g/mol. The van der Waals surface area contributed by atoms with Gasteiger partial charge in [-0.25, -0.2) is 0 Å². The van der Waals surface area contributed by atoms with Crippen molar-refractivity contribution in [2.45, 2.75) is 38.8 Å². The van der Waals surface area contributed by atoms with Crippen LogP contribution in [0, 0.1) is 5.92 Å². The van der Waals surface area contributed by atoms with Crippen LogP contribution >= 0.6 is 27.5 Å². The van der Waals surface area contributed by atoms with E-state index in [2.05, 4.69) is 40.7 Å². The van der Waals surface area contributed by atoms with Crippen LogP contribution in [0.25, 0.3) is 0 Å². The number of halogens is 2. The Balaban J connectivity index is 2.26. The Bertz CT molecular complexity index is 438. The first-order valence-corrected chi connectivity index (χ1v) is 8.10. The molecule has 2 nitrogen and oxygen atoms in total. The van der Waals surface area contributed by atoms with Gasteiger partial charge in [-0.05, 0) is 56.0 Å². The second-order valence-electron chi connectivity index (χ2n) is 5.63. The number of hydrogen-bond acceptors (Lipinski definition) is 2. The Kier molecular flexibility index (Phi) is 5.29. The molecule has 0 radical (unpaired) electrons. The highest BCUT2D eigenvalue weighted by atomic mass is 79.9. The van der Waals surface area contributed by atoms with E-state index >= 15 is 0 Å². The van der Waals surface area contributed by atoms with Gasteiger partial charge < -0.3 is 5.73 Å². The Hall–Kier alpha value is -0.0900. The van der Waals surface area contributed by atoms with Crippen LogP contribution in [-0.2, 0) is 0 Å². The Labute approximate surface area is 129 Å². The average molecular weight is 346 g/mol. The van der Waals surface area contributed by atoms with Crippen LogP contribution < -0.4 is 5.73 Å². The number of likely N-dealkylation sites (tertiary alicyclic amines) is 1. The topological polar surface area (TPSA) is 29.3 Å². The third-order valence-corrected chi connectivity index (χ3v) is 4.97. The maximum Gasteiger partial charge on any atom is 0.0488 e. The molecule has 1 aliphatic rings. The molecule has 3 unspecified atom stereocenters. The fourth-order valence-corrected chi connectivity index (χ4v) is 3.72. The van der Waals surface area contributed by atoms with Crippen molar-refractivity contribution in [3.8, 4) is 0 Å². The lowest BCUT2D eigenvalue weighted by Gasteiger charge is -2.41. The highest BCUT2D eigenvalue weighted by molar-refractivity contribution is 9.10. The number of rotatable bonds is 3. The summed E-state index contributed by atoms with van der Waals surface area (Å²) in [7, 11) is 0. The largest absolute Gasteiger partial charge is 0.329 e. The monoisotopic (exact) mass is 344 g/mol. The lowest BCUT2D eigenvalue weighted by Crippen LogP contribution is -2.45. The maximum atomic E-state index is 6.36. The molecule has 0 aromatic heterocycles. The molecule has 1 aliphatic heterocycles. The summed E-state index contributed by atoms with van der Waals surface area (Å²) in [6, 6.07) is 6.80. The fourth-order valence-electron chi connectivity index (χ4n) is 3.10. The predicted molar refractivity (Wildman–Crippen MR) is 85.5 cm³/mol. The molecule has 1 aromatic carbocycles. The smallest absolute Gasteiger partial charge is 0.0488 e. The second kappa shape index (κ2) is 6.57. The van der Waals surface area contributed by atoms with Gasteiger partial charge in [0.05, 0.1) is 0 Å². The van der Waals surface area contributed by atoms with E-state index in [1.54, 1.807) is 0 Å². The molecule has 106 valence electrons. The maximum absolute atomic E-state index is 6.36. The minimum Gasteiger partial charge on any atom is -0.329 e. The Morgan fingerprint density at radius 2 is 2.21 bits per heavy atom. The van der Waals surface area contributed by atoms with Gasteiger partial charge in [-0.1, -0.05) is 34.5 Å². The van der Waals surface area contributed by atoms with Crippen molar-refractivity contribution in [1.82, 2.24) is 4.90 Å². The van der Waals surface area contributed by atoms with E-state index in [0.717, 1.165) is 27.5 Å². The van der Waals surface area contributed by atoms with Gasteiger partial charge in [0, 0.05) is 28.1 Å². The van der Waals surface area contributed by atoms with Crippen molar-refractivity contribution in [2.75, 3.05) is 13.1 Å². The van der Waals surface area contributed by atoms with Crippen LogP contribution in [0.1, 0.15) is 38.3 Å². The fraction of sp³-hybridized carbons (Fsp3) is 0.600. The number of piperidine rings is 1. The van der Waals surface area contributed by atoms with E-state index in [0.29, 0.717) is 12.6 Å². The summed E-state index contributed by atoms with van der Waals surface area (Å²) < 4.78 is 1.06. The highest BCUT2D eigenvalue weighted by Gasteiger charge is 2.30. The predicted octanol–water partition coefficient (Wildman–Crippen LogP) is 4.22.